The van der Waals surface area contributed by atoms with Gasteiger partial charge >= 0.3 is 5.97 Å². The lowest BCUT2D eigenvalue weighted by Crippen LogP contribution is -2.48. The highest BCUT2D eigenvalue weighted by Gasteiger charge is 2.42. The summed E-state index contributed by atoms with van der Waals surface area (Å²) in [6.07, 6.45) is 1.96. The molecule has 2 aromatic carbocycles. The number of benzene rings is 2. The van der Waals surface area contributed by atoms with Crippen LogP contribution in [0.25, 0.3) is 0 Å². The van der Waals surface area contributed by atoms with Crippen LogP contribution in [0.1, 0.15) is 28.8 Å². The molecule has 152 valence electrons. The van der Waals surface area contributed by atoms with E-state index >= 15 is 0 Å². The minimum Gasteiger partial charge on any atom is -0.464 e. The van der Waals surface area contributed by atoms with Gasteiger partial charge in [-0.05, 0) is 74.3 Å². The second-order valence-corrected chi connectivity index (χ2v) is 7.85. The number of nitrogens with zero attached hydrogens (tertiary/aromatic N) is 1. The van der Waals surface area contributed by atoms with E-state index in [9.17, 15) is 18.4 Å². The summed E-state index contributed by atoms with van der Waals surface area (Å²) in [7, 11) is 0. The lowest BCUT2D eigenvalue weighted by atomic mass is 9.86. The van der Waals surface area contributed by atoms with Crippen LogP contribution >= 0.6 is 0 Å². The van der Waals surface area contributed by atoms with E-state index in [4.69, 9.17) is 4.74 Å². The lowest BCUT2D eigenvalue weighted by Gasteiger charge is -2.35. The monoisotopic (exact) mass is 399 g/mol. The van der Waals surface area contributed by atoms with Crippen LogP contribution in [0, 0.1) is 23.5 Å². The molecule has 0 saturated carbocycles. The number of ketones is 1. The maximum absolute atomic E-state index is 13.1. The van der Waals surface area contributed by atoms with E-state index < -0.39 is 0 Å². The Kier molecular flexibility index (Phi) is 5.72. The summed E-state index contributed by atoms with van der Waals surface area (Å²) in [5.41, 5.74) is 1.50. The molecule has 0 aromatic heterocycles. The van der Waals surface area contributed by atoms with E-state index in [1.54, 1.807) is 12.1 Å². The molecule has 2 unspecified atom stereocenters. The van der Waals surface area contributed by atoms with Crippen molar-refractivity contribution in [1.82, 2.24) is 4.90 Å². The number of hydrogen-bond acceptors (Lipinski definition) is 4. The molecule has 2 atom stereocenters. The molecule has 2 aromatic rings. The molecule has 0 radical (unpaired) electrons. The van der Waals surface area contributed by atoms with Crippen LogP contribution in [-0.4, -0.2) is 42.4 Å². The van der Waals surface area contributed by atoms with Gasteiger partial charge in [0, 0.05) is 17.4 Å². The number of carbonyl (C=O) groups is 2. The molecule has 2 aliphatic heterocycles. The van der Waals surface area contributed by atoms with Gasteiger partial charge in [-0.15, -0.1) is 0 Å². The van der Waals surface area contributed by atoms with Crippen molar-refractivity contribution in [3.05, 3.63) is 71.3 Å². The van der Waals surface area contributed by atoms with E-state index in [2.05, 4.69) is 4.90 Å². The summed E-state index contributed by atoms with van der Waals surface area (Å²) in [6, 6.07) is 11.7. The maximum Gasteiger partial charge on any atom is 0.323 e. The van der Waals surface area contributed by atoms with Crippen molar-refractivity contribution in [2.45, 2.75) is 25.3 Å². The average Bonchev–Trinajstić information content (AvgIpc) is 3.10. The number of halogens is 2. The lowest BCUT2D eigenvalue weighted by molar-refractivity contribution is -0.142. The minimum absolute atomic E-state index is 0.0114. The topological polar surface area (TPSA) is 46.6 Å². The number of likely N-dealkylation sites (tertiary alicyclic amines) is 1. The number of piperidine rings is 1. The van der Waals surface area contributed by atoms with E-state index in [0.29, 0.717) is 44.5 Å². The van der Waals surface area contributed by atoms with Gasteiger partial charge in [0.1, 0.15) is 17.7 Å². The zero-order valence-electron chi connectivity index (χ0n) is 16.0. The Morgan fingerprint density at radius 1 is 0.966 bits per heavy atom. The highest BCUT2D eigenvalue weighted by Crippen LogP contribution is 2.30. The summed E-state index contributed by atoms with van der Waals surface area (Å²) in [4.78, 5) is 27.2. The van der Waals surface area contributed by atoms with Crippen LogP contribution < -0.4 is 0 Å². The van der Waals surface area contributed by atoms with Gasteiger partial charge in [-0.2, -0.15) is 0 Å². The first kappa shape index (κ1) is 19.7. The van der Waals surface area contributed by atoms with Crippen molar-refractivity contribution in [2.75, 3.05) is 19.7 Å². The Morgan fingerprint density at radius 3 is 2.17 bits per heavy atom. The van der Waals surface area contributed by atoms with Crippen molar-refractivity contribution >= 4 is 11.8 Å². The number of ether oxygens (including phenoxy) is 1. The molecule has 2 aliphatic rings. The third-order valence-electron chi connectivity index (χ3n) is 5.96. The number of carbonyl (C=O) groups excluding carboxylic acids is 2. The van der Waals surface area contributed by atoms with E-state index in [1.807, 2.05) is 0 Å². The number of hydrogen-bond donors (Lipinski definition) is 0. The Morgan fingerprint density at radius 2 is 1.55 bits per heavy atom. The number of esters is 1. The van der Waals surface area contributed by atoms with Crippen LogP contribution in [0.2, 0.25) is 0 Å². The van der Waals surface area contributed by atoms with Crippen molar-refractivity contribution < 1.29 is 23.1 Å². The van der Waals surface area contributed by atoms with Crippen molar-refractivity contribution in [2.24, 2.45) is 11.8 Å². The van der Waals surface area contributed by atoms with Crippen LogP contribution in [0.4, 0.5) is 8.78 Å². The minimum atomic E-state index is -0.358. The average molecular weight is 399 g/mol. The normalized spacial score (nSPS) is 23.2. The SMILES string of the molecule is O=C(c1ccc(F)cc1)C1CCN(C2C(=O)OCC2Cc2ccc(F)cc2)CC1. The molecule has 2 fully saturated rings. The van der Waals surface area contributed by atoms with Gasteiger partial charge in [0.2, 0.25) is 0 Å². The number of rotatable bonds is 5. The maximum atomic E-state index is 13.1. The van der Waals surface area contributed by atoms with Crippen molar-refractivity contribution in [3.8, 4) is 0 Å². The fourth-order valence-electron chi connectivity index (χ4n) is 4.39. The standard InChI is InChI=1S/C23H23F2NO3/c24-19-5-1-15(2-6-19)13-18-14-29-23(28)21(18)26-11-9-17(10-12-26)22(27)16-3-7-20(25)8-4-16/h1-8,17-18,21H,9-14H2. The zero-order valence-corrected chi connectivity index (χ0v) is 16.0. The molecule has 0 amide bonds. The summed E-state index contributed by atoms with van der Waals surface area (Å²) < 4.78 is 31.6. The molecule has 4 rings (SSSR count). The van der Waals surface area contributed by atoms with Gasteiger partial charge < -0.3 is 4.74 Å². The van der Waals surface area contributed by atoms with E-state index in [-0.39, 0.29) is 41.3 Å². The van der Waals surface area contributed by atoms with Gasteiger partial charge in [0.05, 0.1) is 6.61 Å². The molecule has 6 heteroatoms. The first-order valence-corrected chi connectivity index (χ1v) is 9.96. The summed E-state index contributed by atoms with van der Waals surface area (Å²) in [5.74, 6) is -0.941. The Bertz CT molecular complexity index is 874. The summed E-state index contributed by atoms with van der Waals surface area (Å²) in [6.45, 7) is 1.63. The zero-order chi connectivity index (χ0) is 20.4. The highest BCUT2D eigenvalue weighted by atomic mass is 19.1. The van der Waals surface area contributed by atoms with Gasteiger partial charge in [-0.1, -0.05) is 12.1 Å². The summed E-state index contributed by atoms with van der Waals surface area (Å²) in [5, 5.41) is 0. The molecule has 0 aliphatic carbocycles. The third-order valence-corrected chi connectivity index (χ3v) is 5.96. The highest BCUT2D eigenvalue weighted by molar-refractivity contribution is 5.97. The largest absolute Gasteiger partial charge is 0.464 e. The van der Waals surface area contributed by atoms with Gasteiger partial charge in [-0.25, -0.2) is 8.78 Å². The Hall–Kier alpha value is -2.60. The predicted octanol–water partition coefficient (Wildman–Crippen LogP) is 3.64. The van der Waals surface area contributed by atoms with Gasteiger partial charge in [-0.3, -0.25) is 14.5 Å². The van der Waals surface area contributed by atoms with Crippen LogP contribution in [-0.2, 0) is 16.0 Å². The molecule has 29 heavy (non-hydrogen) atoms. The first-order valence-electron chi connectivity index (χ1n) is 9.96. The fourth-order valence-corrected chi connectivity index (χ4v) is 4.39. The molecule has 0 N–H and O–H groups in total. The Balaban J connectivity index is 1.38. The molecule has 0 spiro atoms. The predicted molar refractivity (Wildman–Crippen MR) is 103 cm³/mol. The van der Waals surface area contributed by atoms with E-state index in [1.165, 1.54) is 36.4 Å². The van der Waals surface area contributed by atoms with Crippen LogP contribution in [0.15, 0.2) is 48.5 Å². The van der Waals surface area contributed by atoms with Crippen LogP contribution in [0.5, 0.6) is 0 Å². The van der Waals surface area contributed by atoms with Crippen molar-refractivity contribution in [3.63, 3.8) is 0 Å². The van der Waals surface area contributed by atoms with Gasteiger partial charge in [0.15, 0.2) is 5.78 Å². The number of Topliss-reactive ketones (excluding diaryl/α,β-unsaturated/α-hetero) is 1. The molecule has 4 nitrogen and oxygen atoms in total. The first-order chi connectivity index (χ1) is 14.0. The van der Waals surface area contributed by atoms with E-state index in [0.717, 1.165) is 5.56 Å². The second kappa shape index (κ2) is 8.41. The molecular formula is C23H23F2NO3. The molecule has 2 heterocycles. The molecular weight excluding hydrogens is 376 g/mol. The smallest absolute Gasteiger partial charge is 0.323 e. The van der Waals surface area contributed by atoms with Gasteiger partial charge in [0.25, 0.3) is 0 Å². The van der Waals surface area contributed by atoms with Crippen LogP contribution in [0.3, 0.4) is 0 Å². The third kappa shape index (κ3) is 4.37. The molecule has 0 bridgehead atoms. The summed E-state index contributed by atoms with van der Waals surface area (Å²) >= 11 is 0. The quantitative estimate of drug-likeness (QED) is 0.569. The fraction of sp³-hybridized carbons (Fsp3) is 0.391. The second-order valence-electron chi connectivity index (χ2n) is 7.85. The Labute approximate surface area is 168 Å². The van der Waals surface area contributed by atoms with Crippen molar-refractivity contribution in [1.29, 1.82) is 0 Å². The molecule has 2 saturated heterocycles. The number of cyclic esters (lactones) is 1.